The zero-order valence-electron chi connectivity index (χ0n) is 21.9. The van der Waals surface area contributed by atoms with Crippen LogP contribution in [0.5, 0.6) is 5.75 Å². The fourth-order valence-electron chi connectivity index (χ4n) is 5.44. The molecule has 0 bridgehead atoms. The van der Waals surface area contributed by atoms with Crippen LogP contribution in [0.3, 0.4) is 0 Å². The van der Waals surface area contributed by atoms with Gasteiger partial charge in [0.1, 0.15) is 40.9 Å². The summed E-state index contributed by atoms with van der Waals surface area (Å²) in [6.07, 6.45) is 7.26. The Morgan fingerprint density at radius 2 is 2.10 bits per heavy atom. The van der Waals surface area contributed by atoms with E-state index in [1.165, 1.54) is 18.5 Å². The van der Waals surface area contributed by atoms with Gasteiger partial charge in [-0.2, -0.15) is 10.4 Å². The predicted octanol–water partition coefficient (Wildman–Crippen LogP) is 2.53. The van der Waals surface area contributed by atoms with Gasteiger partial charge in [0.2, 0.25) is 0 Å². The zero-order chi connectivity index (χ0) is 27.0. The van der Waals surface area contributed by atoms with Crippen molar-refractivity contribution in [1.29, 1.82) is 5.26 Å². The number of pyridine rings is 2. The predicted molar refractivity (Wildman–Crippen MR) is 141 cm³/mol. The number of nitrogens with zero attached hydrogens (tertiary/aromatic N) is 5. The van der Waals surface area contributed by atoms with Gasteiger partial charge in [0, 0.05) is 43.0 Å². The average molecular weight is 534 g/mol. The molecule has 6 rings (SSSR count). The Labute approximate surface area is 226 Å². The molecule has 0 amide bonds. The lowest BCUT2D eigenvalue weighted by Crippen LogP contribution is -2.53. The molecule has 1 unspecified atom stereocenters. The number of halogens is 1. The second kappa shape index (κ2) is 10.4. The van der Waals surface area contributed by atoms with Crippen LogP contribution in [0.2, 0.25) is 0 Å². The van der Waals surface area contributed by atoms with E-state index < -0.39 is 11.4 Å². The summed E-state index contributed by atoms with van der Waals surface area (Å²) in [5.74, 6) is 0.0524. The molecular formula is C28H32FN7O3. The van der Waals surface area contributed by atoms with Gasteiger partial charge >= 0.3 is 0 Å². The van der Waals surface area contributed by atoms with E-state index in [0.29, 0.717) is 53.3 Å². The van der Waals surface area contributed by atoms with E-state index in [0.717, 1.165) is 50.4 Å². The van der Waals surface area contributed by atoms with Crippen LogP contribution in [-0.4, -0.2) is 71.1 Å². The number of nitrogens with two attached hydrogens (primary N) is 1. The van der Waals surface area contributed by atoms with E-state index in [9.17, 15) is 9.65 Å². The number of ether oxygens (including phenoxy) is 3. The van der Waals surface area contributed by atoms with E-state index in [-0.39, 0.29) is 6.61 Å². The van der Waals surface area contributed by atoms with Gasteiger partial charge in [-0.1, -0.05) is 0 Å². The van der Waals surface area contributed by atoms with Gasteiger partial charge in [-0.15, -0.1) is 0 Å². The molecule has 3 saturated heterocycles. The highest BCUT2D eigenvalue weighted by atomic mass is 19.1. The van der Waals surface area contributed by atoms with Crippen molar-refractivity contribution in [3.05, 3.63) is 65.1 Å². The molecule has 6 heterocycles. The maximum Gasteiger partial charge on any atom is 0.147 e. The number of hydrogen-bond acceptors (Lipinski definition) is 9. The maximum atomic E-state index is 13.5. The van der Waals surface area contributed by atoms with Crippen molar-refractivity contribution in [3.63, 3.8) is 0 Å². The van der Waals surface area contributed by atoms with Gasteiger partial charge < -0.3 is 25.3 Å². The number of likely N-dealkylation sites (tertiary alicyclic amines) is 1. The molecule has 204 valence electrons. The second-order valence-electron chi connectivity index (χ2n) is 10.5. The van der Waals surface area contributed by atoms with Crippen molar-refractivity contribution in [2.75, 3.05) is 39.5 Å². The SMILES string of the molecule is C/C(NC1CCN(C2COC2)CC1)=C(/N)c1cc(OCC2(c3ccc(F)cn3)CCO2)c2c(C#N)cnn2c1. The van der Waals surface area contributed by atoms with Gasteiger partial charge in [0.05, 0.1) is 49.6 Å². The lowest BCUT2D eigenvalue weighted by molar-refractivity contribution is -0.175. The van der Waals surface area contributed by atoms with Crippen LogP contribution in [0.4, 0.5) is 4.39 Å². The number of allylic oxidation sites excluding steroid dienone is 1. The quantitative estimate of drug-likeness (QED) is 0.450. The monoisotopic (exact) mass is 533 g/mol. The van der Waals surface area contributed by atoms with Gasteiger partial charge in [-0.25, -0.2) is 8.91 Å². The molecule has 3 fully saturated rings. The van der Waals surface area contributed by atoms with Crippen LogP contribution >= 0.6 is 0 Å². The molecule has 0 spiro atoms. The fraction of sp³-hybridized carbons (Fsp3) is 0.464. The van der Waals surface area contributed by atoms with Gasteiger partial charge in [0.25, 0.3) is 0 Å². The number of hydrogen-bond donors (Lipinski definition) is 2. The van der Waals surface area contributed by atoms with E-state index >= 15 is 0 Å². The Hall–Kier alpha value is -3.72. The second-order valence-corrected chi connectivity index (χ2v) is 10.5. The lowest BCUT2D eigenvalue weighted by Gasteiger charge is -2.41. The number of aromatic nitrogens is 3. The summed E-state index contributed by atoms with van der Waals surface area (Å²) in [6, 6.07) is 7.90. The Bertz CT molecular complexity index is 1420. The van der Waals surface area contributed by atoms with Crippen LogP contribution < -0.4 is 15.8 Å². The Balaban J connectivity index is 1.23. The summed E-state index contributed by atoms with van der Waals surface area (Å²) in [4.78, 5) is 6.73. The standard InChI is InChI=1S/C28H32FN7O3/c1-18(34-22-4-7-35(8-5-22)23-15-37-16-23)26(31)19-10-24(27-20(11-30)12-33-36(27)14-19)38-17-28(6-9-39-28)25-3-2-21(29)13-32-25/h2-3,10,12-14,22-23,34H,4-9,15-17,31H2,1H3/b26-18-. The first-order valence-electron chi connectivity index (χ1n) is 13.3. The summed E-state index contributed by atoms with van der Waals surface area (Å²) in [5, 5.41) is 17.7. The molecule has 39 heavy (non-hydrogen) atoms. The maximum absolute atomic E-state index is 13.5. The van der Waals surface area contributed by atoms with Gasteiger partial charge in [-0.05, 0) is 38.0 Å². The third-order valence-corrected chi connectivity index (χ3v) is 8.04. The van der Waals surface area contributed by atoms with E-state index in [1.54, 1.807) is 16.8 Å². The average Bonchev–Trinajstić information content (AvgIpc) is 3.32. The largest absolute Gasteiger partial charge is 0.488 e. The van der Waals surface area contributed by atoms with Gasteiger partial charge in [-0.3, -0.25) is 9.88 Å². The highest BCUT2D eigenvalue weighted by Gasteiger charge is 2.43. The van der Waals surface area contributed by atoms with Crippen LogP contribution in [-0.2, 0) is 15.1 Å². The summed E-state index contributed by atoms with van der Waals surface area (Å²) in [6.45, 7) is 6.44. The molecule has 0 aromatic carbocycles. The number of fused-ring (bicyclic) bond motifs is 1. The molecule has 0 saturated carbocycles. The summed E-state index contributed by atoms with van der Waals surface area (Å²) in [5.41, 5.74) is 9.59. The van der Waals surface area contributed by atoms with Crippen molar-refractivity contribution >= 4 is 11.2 Å². The molecule has 3 aliphatic heterocycles. The number of nitriles is 1. The first-order chi connectivity index (χ1) is 19.0. The third-order valence-electron chi connectivity index (χ3n) is 8.04. The van der Waals surface area contributed by atoms with E-state index in [4.69, 9.17) is 19.9 Å². The van der Waals surface area contributed by atoms with Crippen LogP contribution in [0, 0.1) is 17.1 Å². The topological polar surface area (TPSA) is 123 Å². The van der Waals surface area contributed by atoms with Crippen molar-refractivity contribution in [2.45, 2.75) is 43.9 Å². The van der Waals surface area contributed by atoms with Crippen LogP contribution in [0.25, 0.3) is 11.2 Å². The Morgan fingerprint density at radius 3 is 2.72 bits per heavy atom. The molecule has 0 aliphatic carbocycles. The van der Waals surface area contributed by atoms with Crippen LogP contribution in [0.1, 0.15) is 43.0 Å². The van der Waals surface area contributed by atoms with E-state index in [1.807, 2.05) is 13.0 Å². The Kier molecular flexibility index (Phi) is 6.85. The smallest absolute Gasteiger partial charge is 0.147 e. The van der Waals surface area contributed by atoms with Crippen molar-refractivity contribution in [1.82, 2.24) is 24.8 Å². The van der Waals surface area contributed by atoms with E-state index in [2.05, 4.69) is 26.4 Å². The minimum absolute atomic E-state index is 0.145. The molecule has 3 aromatic rings. The summed E-state index contributed by atoms with van der Waals surface area (Å²) < 4.78 is 32.6. The molecule has 3 aliphatic rings. The van der Waals surface area contributed by atoms with Crippen molar-refractivity contribution < 1.29 is 18.6 Å². The Morgan fingerprint density at radius 1 is 1.31 bits per heavy atom. The number of piperidine rings is 1. The molecular weight excluding hydrogens is 501 g/mol. The first kappa shape index (κ1) is 25.6. The molecule has 10 nitrogen and oxygen atoms in total. The molecule has 3 aromatic heterocycles. The lowest BCUT2D eigenvalue weighted by atomic mass is 9.91. The molecule has 1 atom stereocenters. The number of rotatable bonds is 8. The minimum Gasteiger partial charge on any atom is -0.488 e. The minimum atomic E-state index is -0.785. The summed E-state index contributed by atoms with van der Waals surface area (Å²) >= 11 is 0. The molecule has 11 heteroatoms. The third kappa shape index (κ3) is 4.91. The fourth-order valence-corrected chi connectivity index (χ4v) is 5.44. The normalized spacial score (nSPS) is 23.0. The summed E-state index contributed by atoms with van der Waals surface area (Å²) in [7, 11) is 0. The van der Waals surface area contributed by atoms with Crippen LogP contribution in [0.15, 0.2) is 42.5 Å². The van der Waals surface area contributed by atoms with Gasteiger partial charge in [0.15, 0.2) is 0 Å². The highest BCUT2D eigenvalue weighted by molar-refractivity contribution is 5.74. The van der Waals surface area contributed by atoms with Crippen molar-refractivity contribution in [3.8, 4) is 11.8 Å². The first-order valence-corrected chi connectivity index (χ1v) is 13.3. The van der Waals surface area contributed by atoms with Crippen molar-refractivity contribution in [2.24, 2.45) is 5.73 Å². The number of nitrogens with one attached hydrogen (secondary N) is 1. The highest BCUT2D eigenvalue weighted by Crippen LogP contribution is 2.38. The molecule has 3 N–H and O–H groups in total. The molecule has 0 radical (unpaired) electrons. The zero-order valence-corrected chi connectivity index (χ0v) is 21.9.